The summed E-state index contributed by atoms with van der Waals surface area (Å²) in [4.78, 5) is 13.8. The minimum absolute atomic E-state index is 0.471. The maximum Gasteiger partial charge on any atom is 0.152 e. The number of aromatic nitrogens is 2. The molecule has 1 atom stereocenters. The number of hydrogen-bond donors (Lipinski definition) is 0. The molecule has 4 heterocycles. The lowest BCUT2D eigenvalue weighted by atomic mass is 10.1. The number of fused-ring (bicyclic) bond motifs is 1. The SMILES string of the molecule is C=C(C)C1=CN([C@H]2CCN(c3nccn4cccc34)C2)CN=C1. The number of rotatable bonds is 3. The standard InChI is InChI=1S/C18H21N5/c1-14(2)15-10-19-13-23(11-15)16-5-8-22(12-16)18-17-4-3-7-21(17)9-6-20-18/h3-4,6-7,9-11,16H,1,5,8,12-13H2,2H3/t16-/m0/s1. The maximum absolute atomic E-state index is 4.61. The van der Waals surface area contributed by atoms with E-state index < -0.39 is 0 Å². The minimum atomic E-state index is 0.471. The number of anilines is 1. The first-order valence-corrected chi connectivity index (χ1v) is 8.02. The third-order valence-electron chi connectivity index (χ3n) is 4.64. The molecule has 0 unspecified atom stereocenters. The predicted molar refractivity (Wildman–Crippen MR) is 93.9 cm³/mol. The van der Waals surface area contributed by atoms with Crippen molar-refractivity contribution in [3.8, 4) is 0 Å². The molecule has 2 aromatic heterocycles. The van der Waals surface area contributed by atoms with Crippen molar-refractivity contribution in [2.75, 3.05) is 24.7 Å². The van der Waals surface area contributed by atoms with Crippen LogP contribution < -0.4 is 4.90 Å². The molecule has 0 spiro atoms. The third kappa shape index (κ3) is 2.52. The van der Waals surface area contributed by atoms with Gasteiger partial charge in [0.1, 0.15) is 6.67 Å². The average Bonchev–Trinajstić information content (AvgIpc) is 3.24. The Morgan fingerprint density at radius 2 is 2.26 bits per heavy atom. The fourth-order valence-corrected chi connectivity index (χ4v) is 3.33. The average molecular weight is 307 g/mol. The van der Waals surface area contributed by atoms with Crippen LogP contribution in [0.5, 0.6) is 0 Å². The lowest BCUT2D eigenvalue weighted by molar-refractivity contribution is 0.299. The second-order valence-electron chi connectivity index (χ2n) is 6.27. The van der Waals surface area contributed by atoms with Gasteiger partial charge in [-0.15, -0.1) is 0 Å². The second-order valence-corrected chi connectivity index (χ2v) is 6.27. The molecule has 0 aliphatic carbocycles. The van der Waals surface area contributed by atoms with Gasteiger partial charge in [-0.05, 0) is 31.1 Å². The molecule has 0 N–H and O–H groups in total. The van der Waals surface area contributed by atoms with Gasteiger partial charge >= 0.3 is 0 Å². The molecular weight excluding hydrogens is 286 g/mol. The summed E-state index contributed by atoms with van der Waals surface area (Å²) in [6.45, 7) is 8.79. The predicted octanol–water partition coefficient (Wildman–Crippen LogP) is 2.72. The summed E-state index contributed by atoms with van der Waals surface area (Å²) in [5.41, 5.74) is 3.36. The Labute approximate surface area is 136 Å². The summed E-state index contributed by atoms with van der Waals surface area (Å²) in [5.74, 6) is 1.07. The van der Waals surface area contributed by atoms with Crippen LogP contribution in [-0.2, 0) is 0 Å². The molecule has 0 radical (unpaired) electrons. The van der Waals surface area contributed by atoms with Crippen LogP contribution in [0.4, 0.5) is 5.82 Å². The highest BCUT2D eigenvalue weighted by molar-refractivity contribution is 5.84. The van der Waals surface area contributed by atoms with Gasteiger partial charge < -0.3 is 14.2 Å². The Balaban J connectivity index is 1.55. The Bertz CT molecular complexity index is 801. The molecule has 0 amide bonds. The van der Waals surface area contributed by atoms with E-state index in [1.807, 2.05) is 25.5 Å². The van der Waals surface area contributed by atoms with Crippen molar-refractivity contribution in [2.24, 2.45) is 4.99 Å². The topological polar surface area (TPSA) is 36.1 Å². The third-order valence-corrected chi connectivity index (χ3v) is 4.64. The highest BCUT2D eigenvalue weighted by Crippen LogP contribution is 2.26. The van der Waals surface area contributed by atoms with Crippen molar-refractivity contribution in [3.05, 3.63) is 54.6 Å². The zero-order chi connectivity index (χ0) is 15.8. The summed E-state index contributed by atoms with van der Waals surface area (Å²) in [6.07, 6.45) is 11.2. The Kier molecular flexibility index (Phi) is 3.41. The molecule has 4 rings (SSSR count). The molecule has 2 aliphatic heterocycles. The van der Waals surface area contributed by atoms with Gasteiger partial charge in [-0.2, -0.15) is 0 Å². The zero-order valence-corrected chi connectivity index (χ0v) is 13.4. The van der Waals surface area contributed by atoms with Crippen LogP contribution in [0.1, 0.15) is 13.3 Å². The lowest BCUT2D eigenvalue weighted by Gasteiger charge is -2.29. The van der Waals surface area contributed by atoms with Crippen LogP contribution in [0.25, 0.3) is 5.52 Å². The van der Waals surface area contributed by atoms with Crippen LogP contribution in [0.3, 0.4) is 0 Å². The molecule has 2 aliphatic rings. The molecule has 1 saturated heterocycles. The monoisotopic (exact) mass is 307 g/mol. The van der Waals surface area contributed by atoms with Crippen molar-refractivity contribution >= 4 is 17.5 Å². The molecule has 0 saturated carbocycles. The first-order chi connectivity index (χ1) is 11.2. The van der Waals surface area contributed by atoms with Gasteiger partial charge in [0.2, 0.25) is 0 Å². The van der Waals surface area contributed by atoms with Crippen LogP contribution >= 0.6 is 0 Å². The van der Waals surface area contributed by atoms with Crippen molar-refractivity contribution in [1.82, 2.24) is 14.3 Å². The van der Waals surface area contributed by atoms with Crippen LogP contribution in [0.2, 0.25) is 0 Å². The lowest BCUT2D eigenvalue weighted by Crippen LogP contribution is -2.36. The zero-order valence-electron chi connectivity index (χ0n) is 13.4. The molecule has 2 aromatic rings. The Morgan fingerprint density at radius 1 is 1.35 bits per heavy atom. The van der Waals surface area contributed by atoms with Crippen LogP contribution in [-0.4, -0.2) is 46.3 Å². The fraction of sp³-hybridized carbons (Fsp3) is 0.333. The van der Waals surface area contributed by atoms with Gasteiger partial charge in [0.15, 0.2) is 5.82 Å². The van der Waals surface area contributed by atoms with Crippen LogP contribution in [0, 0.1) is 0 Å². The van der Waals surface area contributed by atoms with Gasteiger partial charge in [-0.1, -0.05) is 6.58 Å². The molecular formula is C18H21N5. The minimum Gasteiger partial charge on any atom is -0.353 e. The van der Waals surface area contributed by atoms with E-state index in [0.717, 1.165) is 43.1 Å². The summed E-state index contributed by atoms with van der Waals surface area (Å²) in [5, 5.41) is 0. The van der Waals surface area contributed by atoms with Crippen molar-refractivity contribution < 1.29 is 0 Å². The second kappa shape index (κ2) is 5.57. The first kappa shape index (κ1) is 14.1. The normalized spacial score (nSPS) is 21.1. The molecule has 5 heteroatoms. The number of allylic oxidation sites excluding steroid dienone is 2. The first-order valence-electron chi connectivity index (χ1n) is 8.02. The van der Waals surface area contributed by atoms with Gasteiger partial charge in [0.25, 0.3) is 0 Å². The van der Waals surface area contributed by atoms with Gasteiger partial charge in [-0.3, -0.25) is 4.99 Å². The number of aliphatic imine (C=N–C) groups is 1. The highest BCUT2D eigenvalue weighted by atomic mass is 15.3. The summed E-state index contributed by atoms with van der Waals surface area (Å²) in [6, 6.07) is 4.66. The molecule has 5 nitrogen and oxygen atoms in total. The fourth-order valence-electron chi connectivity index (χ4n) is 3.33. The quantitative estimate of drug-likeness (QED) is 0.875. The van der Waals surface area contributed by atoms with E-state index in [0.29, 0.717) is 6.04 Å². The van der Waals surface area contributed by atoms with E-state index in [2.05, 4.69) is 55.3 Å². The molecule has 23 heavy (non-hydrogen) atoms. The van der Waals surface area contributed by atoms with E-state index in [1.54, 1.807) is 0 Å². The van der Waals surface area contributed by atoms with Crippen molar-refractivity contribution in [2.45, 2.75) is 19.4 Å². The summed E-state index contributed by atoms with van der Waals surface area (Å²) < 4.78 is 2.12. The molecule has 0 bridgehead atoms. The van der Waals surface area contributed by atoms with E-state index in [-0.39, 0.29) is 0 Å². The van der Waals surface area contributed by atoms with Crippen LogP contribution in [0.15, 0.2) is 59.6 Å². The molecule has 1 fully saturated rings. The Morgan fingerprint density at radius 3 is 3.13 bits per heavy atom. The van der Waals surface area contributed by atoms with Crippen molar-refractivity contribution in [3.63, 3.8) is 0 Å². The highest BCUT2D eigenvalue weighted by Gasteiger charge is 2.28. The van der Waals surface area contributed by atoms with E-state index in [4.69, 9.17) is 0 Å². The van der Waals surface area contributed by atoms with Gasteiger partial charge in [0, 0.05) is 55.7 Å². The molecule has 118 valence electrons. The summed E-state index contributed by atoms with van der Waals surface area (Å²) >= 11 is 0. The summed E-state index contributed by atoms with van der Waals surface area (Å²) in [7, 11) is 0. The Hall–Kier alpha value is -2.56. The van der Waals surface area contributed by atoms with E-state index in [1.165, 1.54) is 5.52 Å². The van der Waals surface area contributed by atoms with Crippen molar-refractivity contribution in [1.29, 1.82) is 0 Å². The van der Waals surface area contributed by atoms with Gasteiger partial charge in [-0.25, -0.2) is 4.98 Å². The molecule has 0 aromatic carbocycles. The van der Waals surface area contributed by atoms with E-state index >= 15 is 0 Å². The van der Waals surface area contributed by atoms with E-state index in [9.17, 15) is 0 Å². The largest absolute Gasteiger partial charge is 0.353 e. The smallest absolute Gasteiger partial charge is 0.152 e. The number of hydrogen-bond acceptors (Lipinski definition) is 4. The maximum atomic E-state index is 4.61. The van der Waals surface area contributed by atoms with Gasteiger partial charge in [0.05, 0.1) is 5.52 Å². The number of nitrogens with zero attached hydrogens (tertiary/aromatic N) is 5.